The molecule has 0 radical (unpaired) electrons. The first-order valence-electron chi connectivity index (χ1n) is 6.17. The van der Waals surface area contributed by atoms with E-state index in [9.17, 15) is 0 Å². The molecule has 0 saturated heterocycles. The lowest BCUT2D eigenvalue weighted by molar-refractivity contribution is 0.495. The molecule has 1 N–H and O–H groups in total. The van der Waals surface area contributed by atoms with Gasteiger partial charge in [0.1, 0.15) is 11.5 Å². The predicted molar refractivity (Wildman–Crippen MR) is 77.8 cm³/mol. The Hall–Kier alpha value is -1.06. The van der Waals surface area contributed by atoms with E-state index >= 15 is 0 Å². The van der Waals surface area contributed by atoms with Crippen molar-refractivity contribution in [2.24, 2.45) is 0 Å². The molecule has 1 unspecified atom stereocenters. The smallest absolute Gasteiger partial charge is 0.106 e. The highest BCUT2D eigenvalue weighted by Gasteiger charge is 2.18. The van der Waals surface area contributed by atoms with Crippen LogP contribution < -0.4 is 5.32 Å². The van der Waals surface area contributed by atoms with Crippen LogP contribution in [0.2, 0.25) is 0 Å². The third-order valence-electron chi connectivity index (χ3n) is 2.98. The Kier molecular flexibility index (Phi) is 4.25. The number of furan rings is 1. The first kappa shape index (κ1) is 13.4. The normalized spacial score (nSPS) is 12.7. The fourth-order valence-corrected chi connectivity index (χ4v) is 2.65. The van der Waals surface area contributed by atoms with Crippen molar-refractivity contribution in [1.29, 1.82) is 0 Å². The first-order valence-corrected chi connectivity index (χ1v) is 6.97. The van der Waals surface area contributed by atoms with Gasteiger partial charge in [-0.15, -0.1) is 0 Å². The molecule has 1 aromatic heterocycles. The van der Waals surface area contributed by atoms with Gasteiger partial charge in [-0.3, -0.25) is 0 Å². The fraction of sp³-hybridized carbons (Fsp3) is 0.333. The molecule has 18 heavy (non-hydrogen) atoms. The summed E-state index contributed by atoms with van der Waals surface area (Å²) < 4.78 is 6.74. The standard InChI is InChI=1S/C15H18BrNO/c1-4-17-15(12-6-5-7-13(16)9-12)14-8-10(2)18-11(14)3/h5-9,15,17H,4H2,1-3H3. The van der Waals surface area contributed by atoms with Crippen LogP contribution in [0.1, 0.15) is 35.6 Å². The maximum Gasteiger partial charge on any atom is 0.106 e. The van der Waals surface area contributed by atoms with E-state index in [-0.39, 0.29) is 6.04 Å². The lowest BCUT2D eigenvalue weighted by Crippen LogP contribution is -2.22. The molecule has 2 aromatic rings. The summed E-state index contributed by atoms with van der Waals surface area (Å²) >= 11 is 3.53. The summed E-state index contributed by atoms with van der Waals surface area (Å²) in [4.78, 5) is 0. The molecular weight excluding hydrogens is 290 g/mol. The highest BCUT2D eigenvalue weighted by molar-refractivity contribution is 9.10. The lowest BCUT2D eigenvalue weighted by atomic mass is 9.99. The maximum atomic E-state index is 5.64. The van der Waals surface area contributed by atoms with Crippen molar-refractivity contribution in [3.8, 4) is 0 Å². The zero-order valence-corrected chi connectivity index (χ0v) is 12.5. The van der Waals surface area contributed by atoms with E-state index in [4.69, 9.17) is 4.42 Å². The average molecular weight is 308 g/mol. The van der Waals surface area contributed by atoms with E-state index in [0.29, 0.717) is 0 Å². The monoisotopic (exact) mass is 307 g/mol. The van der Waals surface area contributed by atoms with Crippen molar-refractivity contribution in [2.45, 2.75) is 26.8 Å². The van der Waals surface area contributed by atoms with Gasteiger partial charge in [0.15, 0.2) is 0 Å². The van der Waals surface area contributed by atoms with Crippen molar-refractivity contribution in [1.82, 2.24) is 5.32 Å². The molecule has 1 heterocycles. The minimum atomic E-state index is 0.185. The van der Waals surface area contributed by atoms with Gasteiger partial charge in [-0.25, -0.2) is 0 Å². The summed E-state index contributed by atoms with van der Waals surface area (Å²) in [5.74, 6) is 1.94. The molecule has 0 aliphatic carbocycles. The molecule has 0 amide bonds. The topological polar surface area (TPSA) is 25.2 Å². The van der Waals surface area contributed by atoms with Crippen LogP contribution in [0, 0.1) is 13.8 Å². The minimum Gasteiger partial charge on any atom is -0.466 e. The van der Waals surface area contributed by atoms with Crippen molar-refractivity contribution < 1.29 is 4.42 Å². The molecule has 2 nitrogen and oxygen atoms in total. The summed E-state index contributed by atoms with van der Waals surface area (Å²) in [7, 11) is 0. The molecule has 0 fully saturated rings. The van der Waals surface area contributed by atoms with E-state index in [1.165, 1.54) is 11.1 Å². The Morgan fingerprint density at radius 1 is 1.28 bits per heavy atom. The third-order valence-corrected chi connectivity index (χ3v) is 3.47. The van der Waals surface area contributed by atoms with Crippen molar-refractivity contribution in [2.75, 3.05) is 6.54 Å². The first-order chi connectivity index (χ1) is 8.61. The molecule has 3 heteroatoms. The van der Waals surface area contributed by atoms with Gasteiger partial charge in [0.05, 0.1) is 6.04 Å². The Balaban J connectivity index is 2.42. The average Bonchev–Trinajstić information content (AvgIpc) is 2.65. The number of aryl methyl sites for hydroxylation is 2. The fourth-order valence-electron chi connectivity index (χ4n) is 2.23. The second-order valence-electron chi connectivity index (χ2n) is 4.41. The van der Waals surface area contributed by atoms with Crippen molar-refractivity contribution in [3.63, 3.8) is 0 Å². The number of benzene rings is 1. The second kappa shape index (κ2) is 5.72. The Morgan fingerprint density at radius 2 is 2.06 bits per heavy atom. The van der Waals surface area contributed by atoms with Crippen LogP contribution in [0.3, 0.4) is 0 Å². The van der Waals surface area contributed by atoms with Crippen LogP contribution in [0.5, 0.6) is 0 Å². The molecule has 0 bridgehead atoms. The van der Waals surface area contributed by atoms with E-state index in [1.807, 2.05) is 19.9 Å². The van der Waals surface area contributed by atoms with E-state index < -0.39 is 0 Å². The molecule has 0 aliphatic heterocycles. The van der Waals surface area contributed by atoms with Gasteiger partial charge in [-0.05, 0) is 44.2 Å². The molecule has 0 spiro atoms. The zero-order chi connectivity index (χ0) is 13.1. The molecule has 1 atom stereocenters. The van der Waals surface area contributed by atoms with E-state index in [0.717, 1.165) is 22.5 Å². The van der Waals surface area contributed by atoms with Gasteiger partial charge in [0.2, 0.25) is 0 Å². The second-order valence-corrected chi connectivity index (χ2v) is 5.33. The highest BCUT2D eigenvalue weighted by Crippen LogP contribution is 2.28. The number of hydrogen-bond acceptors (Lipinski definition) is 2. The van der Waals surface area contributed by atoms with Gasteiger partial charge in [-0.1, -0.05) is 35.0 Å². The zero-order valence-electron chi connectivity index (χ0n) is 11.0. The summed E-state index contributed by atoms with van der Waals surface area (Å²) in [6.45, 7) is 7.04. The van der Waals surface area contributed by atoms with E-state index in [2.05, 4.69) is 52.4 Å². The van der Waals surface area contributed by atoms with Gasteiger partial charge in [-0.2, -0.15) is 0 Å². The van der Waals surface area contributed by atoms with Crippen molar-refractivity contribution >= 4 is 15.9 Å². The summed E-state index contributed by atoms with van der Waals surface area (Å²) in [5, 5.41) is 3.52. The Morgan fingerprint density at radius 3 is 2.61 bits per heavy atom. The quantitative estimate of drug-likeness (QED) is 0.908. The van der Waals surface area contributed by atoms with Crippen LogP contribution >= 0.6 is 15.9 Å². The number of rotatable bonds is 4. The summed E-state index contributed by atoms with van der Waals surface area (Å²) in [5.41, 5.74) is 2.46. The van der Waals surface area contributed by atoms with Crippen LogP contribution in [-0.2, 0) is 0 Å². The highest BCUT2D eigenvalue weighted by atomic mass is 79.9. The SMILES string of the molecule is CCNC(c1cccc(Br)c1)c1cc(C)oc1C. The van der Waals surface area contributed by atoms with Crippen LogP contribution in [0.15, 0.2) is 39.2 Å². The van der Waals surface area contributed by atoms with Gasteiger partial charge < -0.3 is 9.73 Å². The molecular formula is C15H18BrNO. The van der Waals surface area contributed by atoms with E-state index in [1.54, 1.807) is 0 Å². The van der Waals surface area contributed by atoms with Gasteiger partial charge in [0.25, 0.3) is 0 Å². The number of nitrogens with one attached hydrogen (secondary N) is 1. The summed E-state index contributed by atoms with van der Waals surface area (Å²) in [6.07, 6.45) is 0. The molecule has 0 aliphatic rings. The maximum absolute atomic E-state index is 5.64. The van der Waals surface area contributed by atoms with Gasteiger partial charge in [0, 0.05) is 10.0 Å². The summed E-state index contributed by atoms with van der Waals surface area (Å²) in [6, 6.07) is 10.7. The Bertz CT molecular complexity index is 533. The third kappa shape index (κ3) is 2.85. The minimum absolute atomic E-state index is 0.185. The number of hydrogen-bond donors (Lipinski definition) is 1. The van der Waals surface area contributed by atoms with Crippen LogP contribution in [0.25, 0.3) is 0 Å². The lowest BCUT2D eigenvalue weighted by Gasteiger charge is -2.18. The van der Waals surface area contributed by atoms with Crippen LogP contribution in [0.4, 0.5) is 0 Å². The van der Waals surface area contributed by atoms with Crippen LogP contribution in [-0.4, -0.2) is 6.54 Å². The molecule has 2 rings (SSSR count). The largest absolute Gasteiger partial charge is 0.466 e. The molecule has 96 valence electrons. The Labute approximate surface area is 117 Å². The molecule has 0 saturated carbocycles. The predicted octanol–water partition coefficient (Wildman–Crippen LogP) is 4.36. The molecule has 1 aromatic carbocycles. The number of halogens is 1. The van der Waals surface area contributed by atoms with Gasteiger partial charge >= 0.3 is 0 Å². The van der Waals surface area contributed by atoms with Crippen molar-refractivity contribution in [3.05, 3.63) is 57.5 Å².